The molecular weight excluding hydrogens is 306 g/mol. The molecule has 0 saturated heterocycles. The topological polar surface area (TPSA) is 29.1 Å². The molecule has 0 bridgehead atoms. The fraction of sp³-hybridized carbons (Fsp3) is 0.348. The SMILES string of the molecule is C[C@H](NC(=O)[C@](C)(/C=C/c1ccccc1)C(C)(C)C)c1ccccc1. The van der Waals surface area contributed by atoms with Crippen molar-refractivity contribution in [2.75, 3.05) is 0 Å². The van der Waals surface area contributed by atoms with E-state index in [0.717, 1.165) is 11.1 Å². The van der Waals surface area contributed by atoms with Crippen LogP contribution in [0.4, 0.5) is 0 Å². The van der Waals surface area contributed by atoms with Gasteiger partial charge in [0.1, 0.15) is 0 Å². The fourth-order valence-corrected chi connectivity index (χ4v) is 2.66. The molecule has 25 heavy (non-hydrogen) atoms. The number of rotatable bonds is 5. The quantitative estimate of drug-likeness (QED) is 0.754. The molecule has 2 aromatic rings. The van der Waals surface area contributed by atoms with Crippen LogP contribution in [0, 0.1) is 10.8 Å². The van der Waals surface area contributed by atoms with Gasteiger partial charge < -0.3 is 5.32 Å². The standard InChI is InChI=1S/C23H29NO/c1-18(20-14-10-7-11-15-20)24-21(25)23(5,22(2,3)4)17-16-19-12-8-6-9-13-19/h6-18H,1-5H3,(H,24,25)/b17-16+/t18-,23-/m0/s1. The minimum absolute atomic E-state index is 0.0273. The summed E-state index contributed by atoms with van der Waals surface area (Å²) in [5.74, 6) is 0.0449. The Morgan fingerprint density at radius 1 is 0.920 bits per heavy atom. The van der Waals surface area contributed by atoms with Crippen molar-refractivity contribution in [3.8, 4) is 0 Å². The Kier molecular flexibility index (Phi) is 5.84. The molecule has 2 atom stereocenters. The smallest absolute Gasteiger partial charge is 0.230 e. The Labute approximate surface area is 152 Å². The fourth-order valence-electron chi connectivity index (χ4n) is 2.66. The zero-order chi connectivity index (χ0) is 18.5. The molecule has 0 spiro atoms. The Balaban J connectivity index is 2.24. The lowest BCUT2D eigenvalue weighted by Crippen LogP contribution is -2.46. The molecule has 2 heteroatoms. The summed E-state index contributed by atoms with van der Waals surface area (Å²) >= 11 is 0. The van der Waals surface area contributed by atoms with Gasteiger partial charge in [0.15, 0.2) is 0 Å². The van der Waals surface area contributed by atoms with Crippen molar-refractivity contribution in [2.24, 2.45) is 10.8 Å². The Morgan fingerprint density at radius 2 is 1.44 bits per heavy atom. The first-order chi connectivity index (χ1) is 11.7. The highest BCUT2D eigenvalue weighted by Gasteiger charge is 2.42. The Hall–Kier alpha value is -2.35. The summed E-state index contributed by atoms with van der Waals surface area (Å²) < 4.78 is 0. The van der Waals surface area contributed by atoms with Crippen LogP contribution < -0.4 is 5.32 Å². The van der Waals surface area contributed by atoms with Gasteiger partial charge in [0.25, 0.3) is 0 Å². The molecule has 2 rings (SSSR count). The molecule has 1 amide bonds. The zero-order valence-corrected chi connectivity index (χ0v) is 15.9. The molecule has 0 heterocycles. The van der Waals surface area contributed by atoms with Crippen LogP contribution in [0.25, 0.3) is 6.08 Å². The van der Waals surface area contributed by atoms with Crippen molar-refractivity contribution in [1.82, 2.24) is 5.32 Å². The van der Waals surface area contributed by atoms with Gasteiger partial charge in [-0.2, -0.15) is 0 Å². The number of amides is 1. The largest absolute Gasteiger partial charge is 0.349 e. The number of hydrogen-bond acceptors (Lipinski definition) is 1. The third-order valence-corrected chi connectivity index (χ3v) is 5.09. The molecule has 2 nitrogen and oxygen atoms in total. The molecule has 0 saturated carbocycles. The van der Waals surface area contributed by atoms with E-state index in [0.29, 0.717) is 0 Å². The maximum Gasteiger partial charge on any atom is 0.230 e. The van der Waals surface area contributed by atoms with Crippen molar-refractivity contribution in [3.05, 3.63) is 77.9 Å². The van der Waals surface area contributed by atoms with Crippen molar-refractivity contribution < 1.29 is 4.79 Å². The van der Waals surface area contributed by atoms with Crippen LogP contribution in [-0.4, -0.2) is 5.91 Å². The maximum absolute atomic E-state index is 13.2. The third kappa shape index (κ3) is 4.60. The second-order valence-corrected chi connectivity index (χ2v) is 7.80. The lowest BCUT2D eigenvalue weighted by Gasteiger charge is -2.39. The molecular formula is C23H29NO. The predicted octanol–water partition coefficient (Wildman–Crippen LogP) is 5.63. The highest BCUT2D eigenvalue weighted by atomic mass is 16.2. The molecule has 0 aromatic heterocycles. The van der Waals surface area contributed by atoms with Crippen LogP contribution >= 0.6 is 0 Å². The van der Waals surface area contributed by atoms with Gasteiger partial charge in [0, 0.05) is 0 Å². The molecule has 1 N–H and O–H groups in total. The van der Waals surface area contributed by atoms with Crippen LogP contribution in [0.15, 0.2) is 66.7 Å². The lowest BCUT2D eigenvalue weighted by atomic mass is 9.66. The molecule has 0 aliphatic heterocycles. The number of benzene rings is 2. The van der Waals surface area contributed by atoms with Gasteiger partial charge >= 0.3 is 0 Å². The summed E-state index contributed by atoms with van der Waals surface area (Å²) in [5.41, 5.74) is 1.38. The summed E-state index contributed by atoms with van der Waals surface area (Å²) in [5, 5.41) is 3.19. The summed E-state index contributed by atoms with van der Waals surface area (Å²) in [7, 11) is 0. The number of carbonyl (C=O) groups excluding carboxylic acids is 1. The van der Waals surface area contributed by atoms with Crippen LogP contribution in [0.2, 0.25) is 0 Å². The minimum Gasteiger partial charge on any atom is -0.349 e. The summed E-state index contributed by atoms with van der Waals surface area (Å²) in [6.45, 7) is 10.4. The minimum atomic E-state index is -0.619. The summed E-state index contributed by atoms with van der Waals surface area (Å²) in [6, 6.07) is 20.1. The van der Waals surface area contributed by atoms with E-state index in [4.69, 9.17) is 0 Å². The first-order valence-corrected chi connectivity index (χ1v) is 8.84. The van der Waals surface area contributed by atoms with E-state index in [9.17, 15) is 4.79 Å². The van der Waals surface area contributed by atoms with E-state index >= 15 is 0 Å². The first-order valence-electron chi connectivity index (χ1n) is 8.84. The molecule has 0 radical (unpaired) electrons. The van der Waals surface area contributed by atoms with E-state index < -0.39 is 5.41 Å². The van der Waals surface area contributed by atoms with Crippen LogP contribution in [-0.2, 0) is 4.79 Å². The van der Waals surface area contributed by atoms with Gasteiger partial charge in [0.2, 0.25) is 5.91 Å². The van der Waals surface area contributed by atoms with E-state index in [2.05, 4.69) is 26.1 Å². The van der Waals surface area contributed by atoms with E-state index in [1.165, 1.54) is 0 Å². The van der Waals surface area contributed by atoms with E-state index in [-0.39, 0.29) is 17.4 Å². The normalized spacial score (nSPS) is 15.6. The highest BCUT2D eigenvalue weighted by molar-refractivity contribution is 5.86. The molecule has 0 fully saturated rings. The second-order valence-electron chi connectivity index (χ2n) is 7.80. The van der Waals surface area contributed by atoms with Crippen molar-refractivity contribution in [3.63, 3.8) is 0 Å². The highest BCUT2D eigenvalue weighted by Crippen LogP contribution is 2.41. The van der Waals surface area contributed by atoms with Crippen LogP contribution in [0.3, 0.4) is 0 Å². The number of nitrogens with one attached hydrogen (secondary N) is 1. The van der Waals surface area contributed by atoms with Crippen LogP contribution in [0.1, 0.15) is 51.8 Å². The molecule has 2 aromatic carbocycles. The van der Waals surface area contributed by atoms with E-state index in [1.54, 1.807) is 0 Å². The Morgan fingerprint density at radius 3 is 1.96 bits per heavy atom. The molecule has 0 unspecified atom stereocenters. The zero-order valence-electron chi connectivity index (χ0n) is 15.9. The molecule has 0 aliphatic carbocycles. The second kappa shape index (κ2) is 7.69. The monoisotopic (exact) mass is 335 g/mol. The Bertz CT molecular complexity index is 713. The predicted molar refractivity (Wildman–Crippen MR) is 106 cm³/mol. The maximum atomic E-state index is 13.2. The average molecular weight is 335 g/mol. The molecule has 0 aliphatic rings. The van der Waals surface area contributed by atoms with Crippen LogP contribution in [0.5, 0.6) is 0 Å². The lowest BCUT2D eigenvalue weighted by molar-refractivity contribution is -0.133. The van der Waals surface area contributed by atoms with Crippen molar-refractivity contribution in [2.45, 2.75) is 40.7 Å². The third-order valence-electron chi connectivity index (χ3n) is 5.09. The van der Waals surface area contributed by atoms with Gasteiger partial charge in [-0.1, -0.05) is 93.6 Å². The van der Waals surface area contributed by atoms with Gasteiger partial charge in [0.05, 0.1) is 11.5 Å². The van der Waals surface area contributed by atoms with Gasteiger partial charge in [-0.3, -0.25) is 4.79 Å². The van der Waals surface area contributed by atoms with Crippen molar-refractivity contribution >= 4 is 12.0 Å². The van der Waals surface area contributed by atoms with Gasteiger partial charge in [-0.25, -0.2) is 0 Å². The summed E-state index contributed by atoms with van der Waals surface area (Å²) in [4.78, 5) is 13.2. The van der Waals surface area contributed by atoms with Gasteiger partial charge in [-0.15, -0.1) is 0 Å². The summed E-state index contributed by atoms with van der Waals surface area (Å²) in [6.07, 6.45) is 4.08. The number of hydrogen-bond donors (Lipinski definition) is 1. The first kappa shape index (κ1) is 19.0. The average Bonchev–Trinajstić information content (AvgIpc) is 2.60. The molecule has 132 valence electrons. The van der Waals surface area contributed by atoms with Crippen molar-refractivity contribution in [1.29, 1.82) is 0 Å². The number of carbonyl (C=O) groups is 1. The van der Waals surface area contributed by atoms with E-state index in [1.807, 2.05) is 86.7 Å². The van der Waals surface area contributed by atoms with Gasteiger partial charge in [-0.05, 0) is 30.4 Å².